The van der Waals surface area contributed by atoms with Crippen molar-refractivity contribution < 1.29 is 9.53 Å². The molecule has 0 bridgehead atoms. The fraction of sp³-hybridized carbons (Fsp3) is 0.667. The van der Waals surface area contributed by atoms with Crippen molar-refractivity contribution in [1.29, 1.82) is 0 Å². The second-order valence-electron chi connectivity index (χ2n) is 7.06. The molecule has 4 nitrogen and oxygen atoms in total. The smallest absolute Gasteiger partial charge is 0.226 e. The summed E-state index contributed by atoms with van der Waals surface area (Å²) in [6.45, 7) is 3.48. The first-order valence-corrected chi connectivity index (χ1v) is 8.45. The molecule has 0 unspecified atom stereocenters. The van der Waals surface area contributed by atoms with Gasteiger partial charge >= 0.3 is 0 Å². The molecule has 1 aliphatic carbocycles. The first-order valence-electron chi connectivity index (χ1n) is 8.45. The fourth-order valence-corrected chi connectivity index (χ4v) is 3.68. The van der Waals surface area contributed by atoms with E-state index in [0.29, 0.717) is 12.5 Å². The van der Waals surface area contributed by atoms with Crippen LogP contribution < -0.4 is 5.32 Å². The summed E-state index contributed by atoms with van der Waals surface area (Å²) >= 11 is 0. The highest BCUT2D eigenvalue weighted by Crippen LogP contribution is 2.36. The number of rotatable bonds is 4. The van der Waals surface area contributed by atoms with E-state index in [-0.39, 0.29) is 17.4 Å². The van der Waals surface area contributed by atoms with Crippen molar-refractivity contribution in [2.45, 2.75) is 51.5 Å². The maximum absolute atomic E-state index is 12.7. The number of nitrogens with zero attached hydrogens (tertiary/aromatic N) is 1. The molecule has 3 rings (SSSR count). The Hall–Kier alpha value is -1.42. The van der Waals surface area contributed by atoms with Crippen molar-refractivity contribution in [3.63, 3.8) is 0 Å². The van der Waals surface area contributed by atoms with E-state index in [1.807, 2.05) is 24.5 Å². The Morgan fingerprint density at radius 3 is 2.73 bits per heavy atom. The molecule has 1 aliphatic heterocycles. The minimum absolute atomic E-state index is 0.138. The molecule has 2 heterocycles. The molecule has 4 heteroatoms. The summed E-state index contributed by atoms with van der Waals surface area (Å²) in [5.41, 5.74) is 1.08. The predicted molar refractivity (Wildman–Crippen MR) is 85.4 cm³/mol. The molecule has 1 N–H and O–H groups in total. The molecule has 2 atom stereocenters. The van der Waals surface area contributed by atoms with Gasteiger partial charge in [0.05, 0.1) is 19.3 Å². The van der Waals surface area contributed by atoms with Gasteiger partial charge in [0, 0.05) is 23.7 Å². The molecule has 22 heavy (non-hydrogen) atoms. The lowest BCUT2D eigenvalue weighted by atomic mass is 9.75. The van der Waals surface area contributed by atoms with Crippen molar-refractivity contribution in [2.24, 2.45) is 11.3 Å². The van der Waals surface area contributed by atoms with Gasteiger partial charge in [0.1, 0.15) is 0 Å². The van der Waals surface area contributed by atoms with Crippen LogP contribution in [0.2, 0.25) is 0 Å². The number of hydrogen-bond donors (Lipinski definition) is 1. The Morgan fingerprint density at radius 2 is 2.00 bits per heavy atom. The van der Waals surface area contributed by atoms with Crippen LogP contribution in [-0.2, 0) is 16.0 Å². The van der Waals surface area contributed by atoms with Crippen molar-refractivity contribution in [3.05, 3.63) is 30.1 Å². The molecule has 0 radical (unpaired) electrons. The molecule has 0 aromatic carbocycles. The maximum atomic E-state index is 12.7. The van der Waals surface area contributed by atoms with Gasteiger partial charge in [-0.25, -0.2) is 0 Å². The van der Waals surface area contributed by atoms with Crippen LogP contribution in [0.3, 0.4) is 0 Å². The zero-order valence-corrected chi connectivity index (χ0v) is 13.4. The number of ether oxygens (including phenoxy) is 1. The third kappa shape index (κ3) is 3.49. The SMILES string of the molecule is CC1(C(=O)N[C@@H]2COC[C@H]2Cc2ccncc2)CCCCC1. The van der Waals surface area contributed by atoms with Crippen LogP contribution in [-0.4, -0.2) is 30.1 Å². The lowest BCUT2D eigenvalue weighted by molar-refractivity contribution is -0.132. The molecule has 120 valence electrons. The molecular formula is C18H26N2O2. The minimum atomic E-state index is -0.179. The number of hydrogen-bond acceptors (Lipinski definition) is 3. The molecule has 1 aromatic heterocycles. The van der Waals surface area contributed by atoms with Gasteiger partial charge in [0.15, 0.2) is 0 Å². The molecule has 1 aromatic rings. The van der Waals surface area contributed by atoms with Crippen molar-refractivity contribution in [3.8, 4) is 0 Å². The minimum Gasteiger partial charge on any atom is -0.379 e. The topological polar surface area (TPSA) is 51.2 Å². The molecular weight excluding hydrogens is 276 g/mol. The summed E-state index contributed by atoms with van der Waals surface area (Å²) in [5.74, 6) is 0.584. The third-order valence-corrected chi connectivity index (χ3v) is 5.27. The summed E-state index contributed by atoms with van der Waals surface area (Å²) in [5, 5.41) is 3.28. The molecule has 1 amide bonds. The summed E-state index contributed by atoms with van der Waals surface area (Å²) in [6, 6.07) is 4.22. The monoisotopic (exact) mass is 302 g/mol. The average Bonchev–Trinajstić information content (AvgIpc) is 2.96. The van der Waals surface area contributed by atoms with Crippen LogP contribution in [0.25, 0.3) is 0 Å². The van der Waals surface area contributed by atoms with Gasteiger partial charge < -0.3 is 10.1 Å². The highest BCUT2D eigenvalue weighted by molar-refractivity contribution is 5.82. The van der Waals surface area contributed by atoms with Gasteiger partial charge in [-0.3, -0.25) is 9.78 Å². The Bertz CT molecular complexity index is 497. The average molecular weight is 302 g/mol. The van der Waals surface area contributed by atoms with Gasteiger partial charge in [0.25, 0.3) is 0 Å². The van der Waals surface area contributed by atoms with E-state index >= 15 is 0 Å². The van der Waals surface area contributed by atoms with Crippen LogP contribution in [0.15, 0.2) is 24.5 Å². The predicted octanol–water partition coefficient (Wildman–Crippen LogP) is 2.73. The van der Waals surface area contributed by atoms with Crippen LogP contribution in [0.1, 0.15) is 44.6 Å². The molecule has 1 saturated carbocycles. The van der Waals surface area contributed by atoms with E-state index in [9.17, 15) is 4.79 Å². The highest BCUT2D eigenvalue weighted by atomic mass is 16.5. The van der Waals surface area contributed by atoms with E-state index in [2.05, 4.69) is 17.2 Å². The van der Waals surface area contributed by atoms with Crippen LogP contribution in [0, 0.1) is 11.3 Å². The van der Waals surface area contributed by atoms with Gasteiger partial charge in [-0.05, 0) is 37.0 Å². The standard InChI is InChI=1S/C18H26N2O2/c1-18(7-3-2-4-8-18)17(21)20-16-13-22-12-15(16)11-14-5-9-19-10-6-14/h5-6,9-10,15-16H,2-4,7-8,11-13H2,1H3,(H,20,21)/t15-,16-/m1/s1. The van der Waals surface area contributed by atoms with Crippen molar-refractivity contribution >= 4 is 5.91 Å². The quantitative estimate of drug-likeness (QED) is 0.930. The fourth-order valence-electron chi connectivity index (χ4n) is 3.68. The zero-order valence-electron chi connectivity index (χ0n) is 13.4. The second kappa shape index (κ2) is 6.78. The first kappa shape index (κ1) is 15.5. The number of aromatic nitrogens is 1. The molecule has 1 saturated heterocycles. The Morgan fingerprint density at radius 1 is 1.27 bits per heavy atom. The lowest BCUT2D eigenvalue weighted by Gasteiger charge is -2.33. The Kier molecular flexibility index (Phi) is 4.77. The number of amides is 1. The zero-order chi connectivity index (χ0) is 15.4. The summed E-state index contributed by atoms with van der Waals surface area (Å²) in [6.07, 6.45) is 10.2. The second-order valence-corrected chi connectivity index (χ2v) is 7.06. The van der Waals surface area contributed by atoms with Crippen molar-refractivity contribution in [1.82, 2.24) is 10.3 Å². The molecule has 2 aliphatic rings. The van der Waals surface area contributed by atoms with E-state index < -0.39 is 0 Å². The van der Waals surface area contributed by atoms with Gasteiger partial charge in [-0.1, -0.05) is 26.2 Å². The summed E-state index contributed by atoms with van der Waals surface area (Å²) < 4.78 is 5.63. The first-order chi connectivity index (χ1) is 10.7. The summed E-state index contributed by atoms with van der Waals surface area (Å²) in [7, 11) is 0. The van der Waals surface area contributed by atoms with Gasteiger partial charge in [-0.15, -0.1) is 0 Å². The van der Waals surface area contributed by atoms with Crippen LogP contribution in [0.5, 0.6) is 0 Å². The summed E-state index contributed by atoms with van der Waals surface area (Å²) in [4.78, 5) is 16.8. The van der Waals surface area contributed by atoms with E-state index in [1.165, 1.54) is 24.8 Å². The van der Waals surface area contributed by atoms with Gasteiger partial charge in [-0.2, -0.15) is 0 Å². The lowest BCUT2D eigenvalue weighted by Crippen LogP contribution is -2.48. The Labute approximate surface area is 132 Å². The number of carbonyl (C=O) groups excluding carboxylic acids is 1. The van der Waals surface area contributed by atoms with Crippen molar-refractivity contribution in [2.75, 3.05) is 13.2 Å². The largest absolute Gasteiger partial charge is 0.379 e. The number of pyridine rings is 1. The van der Waals surface area contributed by atoms with E-state index in [4.69, 9.17) is 4.74 Å². The number of nitrogens with one attached hydrogen (secondary N) is 1. The van der Waals surface area contributed by atoms with Crippen LogP contribution >= 0.6 is 0 Å². The van der Waals surface area contributed by atoms with Gasteiger partial charge in [0.2, 0.25) is 5.91 Å². The van der Waals surface area contributed by atoms with E-state index in [1.54, 1.807) is 0 Å². The Balaban J connectivity index is 1.60. The maximum Gasteiger partial charge on any atom is 0.226 e. The number of carbonyl (C=O) groups is 1. The normalized spacial score (nSPS) is 27.5. The third-order valence-electron chi connectivity index (χ3n) is 5.27. The molecule has 0 spiro atoms. The highest BCUT2D eigenvalue weighted by Gasteiger charge is 2.38. The molecule has 2 fully saturated rings. The van der Waals surface area contributed by atoms with Crippen LogP contribution in [0.4, 0.5) is 0 Å². The van der Waals surface area contributed by atoms with E-state index in [0.717, 1.165) is 25.9 Å².